The third kappa shape index (κ3) is 5.46. The molecule has 1 N–H and O–H groups in total. The van der Waals surface area contributed by atoms with E-state index in [1.54, 1.807) is 66.7 Å². The number of amides is 1. The van der Waals surface area contributed by atoms with E-state index in [-0.39, 0.29) is 4.90 Å². The Morgan fingerprint density at radius 2 is 1.73 bits per heavy atom. The lowest BCUT2D eigenvalue weighted by atomic mass is 10.2. The number of hydrogen-bond acceptors (Lipinski definition) is 4. The molecule has 0 aliphatic heterocycles. The van der Waals surface area contributed by atoms with E-state index in [2.05, 4.69) is 10.5 Å². The number of anilines is 1. The molecule has 0 aliphatic carbocycles. The average Bonchev–Trinajstić information content (AvgIpc) is 2.73. The van der Waals surface area contributed by atoms with Crippen molar-refractivity contribution in [2.24, 2.45) is 5.10 Å². The second-order valence-electron chi connectivity index (χ2n) is 6.51. The lowest BCUT2D eigenvalue weighted by Gasteiger charge is -2.23. The van der Waals surface area contributed by atoms with Gasteiger partial charge in [0.25, 0.3) is 15.9 Å². The van der Waals surface area contributed by atoms with Gasteiger partial charge in [-0.25, -0.2) is 13.8 Å². The van der Waals surface area contributed by atoms with Gasteiger partial charge in [-0.1, -0.05) is 59.6 Å². The summed E-state index contributed by atoms with van der Waals surface area (Å²) in [5.74, 6) is -0.576. The number of nitrogens with zero attached hydrogens (tertiary/aromatic N) is 2. The molecule has 8 heteroatoms. The Kier molecular flexibility index (Phi) is 6.87. The average molecular weight is 442 g/mol. The van der Waals surface area contributed by atoms with Crippen molar-refractivity contribution in [1.82, 2.24) is 5.43 Å². The summed E-state index contributed by atoms with van der Waals surface area (Å²) in [6, 6.07) is 21.9. The van der Waals surface area contributed by atoms with Gasteiger partial charge in [0.15, 0.2) is 0 Å². The van der Waals surface area contributed by atoms with E-state index in [4.69, 9.17) is 11.6 Å². The number of hydrazone groups is 1. The van der Waals surface area contributed by atoms with Crippen molar-refractivity contribution in [2.75, 3.05) is 10.8 Å². The van der Waals surface area contributed by atoms with Crippen LogP contribution in [0.5, 0.6) is 0 Å². The van der Waals surface area contributed by atoms with E-state index in [0.29, 0.717) is 16.3 Å². The van der Waals surface area contributed by atoms with Crippen molar-refractivity contribution in [1.29, 1.82) is 0 Å². The summed E-state index contributed by atoms with van der Waals surface area (Å²) in [4.78, 5) is 12.6. The highest BCUT2D eigenvalue weighted by molar-refractivity contribution is 7.92. The van der Waals surface area contributed by atoms with Gasteiger partial charge >= 0.3 is 0 Å². The van der Waals surface area contributed by atoms with Crippen LogP contribution in [0, 0.1) is 6.92 Å². The molecule has 3 aromatic carbocycles. The summed E-state index contributed by atoms with van der Waals surface area (Å²) < 4.78 is 27.5. The van der Waals surface area contributed by atoms with Crippen molar-refractivity contribution < 1.29 is 13.2 Å². The molecular formula is C22H20ClN3O3S. The van der Waals surface area contributed by atoms with Gasteiger partial charge in [-0.2, -0.15) is 5.10 Å². The van der Waals surface area contributed by atoms with Gasteiger partial charge < -0.3 is 0 Å². The third-order valence-corrected chi connectivity index (χ3v) is 6.22. The first-order chi connectivity index (χ1) is 14.4. The third-order valence-electron chi connectivity index (χ3n) is 4.19. The van der Waals surface area contributed by atoms with Gasteiger partial charge in [0, 0.05) is 5.02 Å². The minimum Gasteiger partial charge on any atom is -0.271 e. The highest BCUT2D eigenvalue weighted by Crippen LogP contribution is 2.23. The number of aryl methyl sites for hydroxylation is 1. The van der Waals surface area contributed by atoms with Gasteiger partial charge in [-0.05, 0) is 48.9 Å². The molecule has 0 radical (unpaired) electrons. The van der Waals surface area contributed by atoms with E-state index in [0.717, 1.165) is 9.87 Å². The Morgan fingerprint density at radius 1 is 1.03 bits per heavy atom. The van der Waals surface area contributed by atoms with Crippen LogP contribution < -0.4 is 9.73 Å². The van der Waals surface area contributed by atoms with Crippen LogP contribution in [0.4, 0.5) is 5.69 Å². The molecule has 0 saturated carbocycles. The Balaban J connectivity index is 1.81. The van der Waals surface area contributed by atoms with Gasteiger partial charge in [0.1, 0.15) is 6.54 Å². The summed E-state index contributed by atoms with van der Waals surface area (Å²) >= 11 is 5.92. The van der Waals surface area contributed by atoms with Crippen molar-refractivity contribution in [2.45, 2.75) is 11.8 Å². The smallest absolute Gasteiger partial charge is 0.264 e. The van der Waals surface area contributed by atoms with Crippen LogP contribution >= 0.6 is 11.6 Å². The van der Waals surface area contributed by atoms with Crippen molar-refractivity contribution in [3.63, 3.8) is 0 Å². The van der Waals surface area contributed by atoms with Crippen molar-refractivity contribution >= 4 is 39.4 Å². The number of nitrogens with one attached hydrogen (secondary N) is 1. The maximum Gasteiger partial charge on any atom is 0.264 e. The van der Waals surface area contributed by atoms with E-state index in [9.17, 15) is 13.2 Å². The lowest BCUT2D eigenvalue weighted by molar-refractivity contribution is -0.119. The molecule has 0 atom stereocenters. The fraction of sp³-hybridized carbons (Fsp3) is 0.0909. The molecule has 0 unspecified atom stereocenters. The summed E-state index contributed by atoms with van der Waals surface area (Å²) in [6.07, 6.45) is 1.44. The predicted octanol–water partition coefficient (Wildman–Crippen LogP) is 3.99. The van der Waals surface area contributed by atoms with Crippen molar-refractivity contribution in [3.05, 3.63) is 95.0 Å². The maximum atomic E-state index is 13.2. The number of hydrogen-bond donors (Lipinski definition) is 1. The Hall–Kier alpha value is -3.16. The molecule has 0 heterocycles. The topological polar surface area (TPSA) is 78.8 Å². The number of halogens is 1. The number of carbonyl (C=O) groups excluding carboxylic acids is 1. The fourth-order valence-electron chi connectivity index (χ4n) is 2.68. The van der Waals surface area contributed by atoms with Crippen LogP contribution in [0.25, 0.3) is 0 Å². The van der Waals surface area contributed by atoms with Gasteiger partial charge in [0.05, 0.1) is 16.8 Å². The highest BCUT2D eigenvalue weighted by Gasteiger charge is 2.27. The van der Waals surface area contributed by atoms with Crippen LogP contribution in [0.15, 0.2) is 88.9 Å². The van der Waals surface area contributed by atoms with Gasteiger partial charge in [0.2, 0.25) is 0 Å². The first kappa shape index (κ1) is 21.5. The number of sulfonamides is 1. The summed E-state index contributed by atoms with van der Waals surface area (Å²) in [5, 5.41) is 4.44. The van der Waals surface area contributed by atoms with Crippen LogP contribution in [0.1, 0.15) is 11.1 Å². The molecule has 0 spiro atoms. The fourth-order valence-corrected chi connectivity index (χ4v) is 4.30. The molecule has 0 aliphatic rings. The normalized spacial score (nSPS) is 11.4. The van der Waals surface area contributed by atoms with E-state index < -0.39 is 22.5 Å². The van der Waals surface area contributed by atoms with Crippen LogP contribution in [0.3, 0.4) is 0 Å². The Labute approximate surface area is 180 Å². The van der Waals surface area contributed by atoms with Gasteiger partial charge in [-0.3, -0.25) is 9.10 Å². The second kappa shape index (κ2) is 9.56. The molecule has 30 heavy (non-hydrogen) atoms. The van der Waals surface area contributed by atoms with E-state index in [1.807, 2.05) is 6.92 Å². The molecular weight excluding hydrogens is 422 g/mol. The minimum atomic E-state index is -3.95. The second-order valence-corrected chi connectivity index (χ2v) is 8.81. The van der Waals surface area contributed by atoms with Crippen LogP contribution in [-0.2, 0) is 14.8 Å². The number of rotatable bonds is 7. The predicted molar refractivity (Wildman–Crippen MR) is 119 cm³/mol. The quantitative estimate of drug-likeness (QED) is 0.444. The maximum absolute atomic E-state index is 13.2. The number of benzene rings is 3. The van der Waals surface area contributed by atoms with Crippen LogP contribution in [0.2, 0.25) is 5.02 Å². The molecule has 3 rings (SSSR count). The van der Waals surface area contributed by atoms with E-state index in [1.165, 1.54) is 18.3 Å². The van der Waals surface area contributed by atoms with Crippen molar-refractivity contribution in [3.8, 4) is 0 Å². The number of para-hydroxylation sites is 1. The summed E-state index contributed by atoms with van der Waals surface area (Å²) in [6.45, 7) is 1.45. The zero-order valence-electron chi connectivity index (χ0n) is 16.2. The molecule has 154 valence electrons. The first-order valence-electron chi connectivity index (χ1n) is 9.08. The highest BCUT2D eigenvalue weighted by atomic mass is 35.5. The minimum absolute atomic E-state index is 0.104. The zero-order chi connectivity index (χ0) is 21.6. The molecule has 3 aromatic rings. The van der Waals surface area contributed by atoms with E-state index >= 15 is 0 Å². The standard InChI is InChI=1S/C22H20ClN3O3S/c1-17-10-12-21(13-11-17)30(28,29)26(20-8-3-2-4-9-20)16-22(27)25-24-15-18-6-5-7-19(23)14-18/h2-15H,16H2,1H3,(H,25,27)/b24-15-. The molecule has 0 aromatic heterocycles. The molecule has 1 amide bonds. The van der Waals surface area contributed by atoms with Crippen LogP contribution in [-0.4, -0.2) is 27.1 Å². The summed E-state index contributed by atoms with van der Waals surface area (Å²) in [5.41, 5.74) is 4.39. The molecule has 0 fully saturated rings. The van der Waals surface area contributed by atoms with Gasteiger partial charge in [-0.15, -0.1) is 0 Å². The Morgan fingerprint density at radius 3 is 2.40 bits per heavy atom. The SMILES string of the molecule is Cc1ccc(S(=O)(=O)N(CC(=O)N/N=C\c2cccc(Cl)c2)c2ccccc2)cc1. The summed E-state index contributed by atoms with van der Waals surface area (Å²) in [7, 11) is -3.95. The molecule has 0 bridgehead atoms. The lowest BCUT2D eigenvalue weighted by Crippen LogP contribution is -2.39. The molecule has 0 saturated heterocycles. The zero-order valence-corrected chi connectivity index (χ0v) is 17.8. The molecule has 6 nitrogen and oxygen atoms in total. The Bertz CT molecular complexity index is 1150. The monoisotopic (exact) mass is 441 g/mol. The number of carbonyl (C=O) groups is 1. The largest absolute Gasteiger partial charge is 0.271 e. The first-order valence-corrected chi connectivity index (χ1v) is 10.9.